The molecule has 2 N–H and O–H groups in total. The molecule has 3 nitrogen and oxygen atoms in total. The molecule has 3 heteroatoms. The maximum atomic E-state index is 9.95. The third kappa shape index (κ3) is 3.37. The molecule has 0 bridgehead atoms. The van der Waals surface area contributed by atoms with Gasteiger partial charge >= 0.3 is 0 Å². The van der Waals surface area contributed by atoms with Crippen molar-refractivity contribution in [1.82, 2.24) is 10.2 Å². The Kier molecular flexibility index (Phi) is 5.49. The van der Waals surface area contributed by atoms with Crippen LogP contribution in [-0.4, -0.2) is 48.3 Å². The van der Waals surface area contributed by atoms with Crippen LogP contribution >= 0.6 is 0 Å². The molecule has 1 saturated carbocycles. The Morgan fingerprint density at radius 2 is 1.75 bits per heavy atom. The van der Waals surface area contributed by atoms with Gasteiger partial charge in [-0.25, -0.2) is 0 Å². The lowest BCUT2D eigenvalue weighted by atomic mass is 9.74. The van der Waals surface area contributed by atoms with E-state index >= 15 is 0 Å². The van der Waals surface area contributed by atoms with Gasteiger partial charge in [0, 0.05) is 6.54 Å². The van der Waals surface area contributed by atoms with E-state index in [1.807, 2.05) is 0 Å². The van der Waals surface area contributed by atoms with Gasteiger partial charge in [-0.3, -0.25) is 0 Å². The molecule has 0 aromatic carbocycles. The molecular weight excluding hydrogens is 248 g/mol. The molecule has 0 spiro atoms. The molecule has 118 valence electrons. The molecule has 0 aromatic heterocycles. The lowest BCUT2D eigenvalue weighted by molar-refractivity contribution is 0.0448. The molecule has 1 aliphatic carbocycles. The number of nitrogens with zero attached hydrogens (tertiary/aromatic N) is 1. The van der Waals surface area contributed by atoms with E-state index in [4.69, 9.17) is 0 Å². The summed E-state index contributed by atoms with van der Waals surface area (Å²) >= 11 is 0. The molecule has 2 fully saturated rings. The molecule has 0 aromatic rings. The van der Waals surface area contributed by atoms with Crippen LogP contribution in [0.4, 0.5) is 0 Å². The van der Waals surface area contributed by atoms with Gasteiger partial charge in [0.05, 0.1) is 12.1 Å². The zero-order valence-corrected chi connectivity index (χ0v) is 13.7. The highest BCUT2D eigenvalue weighted by Crippen LogP contribution is 2.42. The topological polar surface area (TPSA) is 35.5 Å². The standard InChI is InChI=1S/C17H34N2O/c1-4-16(5-2)9-11-19(12-10-16)13-17(14-20,18-6-3)15-7-8-15/h15,18,20H,4-14H2,1-3H3. The third-order valence-electron chi connectivity index (χ3n) is 6.09. The van der Waals surface area contributed by atoms with E-state index in [-0.39, 0.29) is 12.1 Å². The average Bonchev–Trinajstić information content (AvgIpc) is 3.33. The van der Waals surface area contributed by atoms with E-state index in [1.165, 1.54) is 51.6 Å². The Morgan fingerprint density at radius 3 is 2.15 bits per heavy atom. The van der Waals surface area contributed by atoms with E-state index in [2.05, 4.69) is 31.0 Å². The van der Waals surface area contributed by atoms with Crippen LogP contribution in [0.3, 0.4) is 0 Å². The fraction of sp³-hybridized carbons (Fsp3) is 1.00. The summed E-state index contributed by atoms with van der Waals surface area (Å²) in [6.45, 7) is 11.5. The maximum Gasteiger partial charge on any atom is 0.0628 e. The third-order valence-corrected chi connectivity index (χ3v) is 6.09. The van der Waals surface area contributed by atoms with Gasteiger partial charge in [-0.05, 0) is 56.7 Å². The quantitative estimate of drug-likeness (QED) is 0.718. The highest BCUT2D eigenvalue weighted by Gasteiger charge is 2.46. The number of hydrogen-bond acceptors (Lipinski definition) is 3. The van der Waals surface area contributed by atoms with Crippen LogP contribution in [0.5, 0.6) is 0 Å². The highest BCUT2D eigenvalue weighted by atomic mass is 16.3. The number of hydrogen-bond donors (Lipinski definition) is 2. The van der Waals surface area contributed by atoms with E-state index in [9.17, 15) is 5.11 Å². The van der Waals surface area contributed by atoms with Crippen LogP contribution in [0.1, 0.15) is 59.3 Å². The zero-order chi connectivity index (χ0) is 14.6. The van der Waals surface area contributed by atoms with Crippen molar-refractivity contribution in [3.05, 3.63) is 0 Å². The average molecular weight is 282 g/mol. The second kappa shape index (κ2) is 6.76. The van der Waals surface area contributed by atoms with Gasteiger partial charge in [0.25, 0.3) is 0 Å². The molecular formula is C17H34N2O. The summed E-state index contributed by atoms with van der Waals surface area (Å²) in [7, 11) is 0. The van der Waals surface area contributed by atoms with Gasteiger partial charge in [-0.2, -0.15) is 0 Å². The molecule has 1 atom stereocenters. The number of nitrogens with one attached hydrogen (secondary N) is 1. The summed E-state index contributed by atoms with van der Waals surface area (Å²) in [5.41, 5.74) is 0.559. The second-order valence-corrected chi connectivity index (χ2v) is 7.10. The van der Waals surface area contributed by atoms with Crippen molar-refractivity contribution < 1.29 is 5.11 Å². The highest BCUT2D eigenvalue weighted by molar-refractivity contribution is 5.03. The Morgan fingerprint density at radius 1 is 1.15 bits per heavy atom. The van der Waals surface area contributed by atoms with Crippen molar-refractivity contribution >= 4 is 0 Å². The summed E-state index contributed by atoms with van der Waals surface area (Å²) in [6, 6.07) is 0. The smallest absolute Gasteiger partial charge is 0.0628 e. The molecule has 2 aliphatic rings. The van der Waals surface area contributed by atoms with Gasteiger partial charge in [0.15, 0.2) is 0 Å². The summed E-state index contributed by atoms with van der Waals surface area (Å²) in [4.78, 5) is 2.60. The number of rotatable bonds is 8. The normalized spacial score (nSPS) is 26.4. The molecule has 2 rings (SSSR count). The summed E-state index contributed by atoms with van der Waals surface area (Å²) < 4.78 is 0. The van der Waals surface area contributed by atoms with Crippen molar-refractivity contribution in [2.24, 2.45) is 11.3 Å². The Labute approximate surface area is 125 Å². The Balaban J connectivity index is 1.92. The summed E-state index contributed by atoms with van der Waals surface area (Å²) in [5.74, 6) is 0.691. The first-order valence-electron chi connectivity index (χ1n) is 8.72. The molecule has 0 amide bonds. The van der Waals surface area contributed by atoms with Crippen molar-refractivity contribution in [2.45, 2.75) is 64.8 Å². The van der Waals surface area contributed by atoms with Gasteiger partial charge in [0.2, 0.25) is 0 Å². The number of likely N-dealkylation sites (tertiary alicyclic amines) is 1. The molecule has 20 heavy (non-hydrogen) atoms. The lowest BCUT2D eigenvalue weighted by Crippen LogP contribution is -2.59. The first kappa shape index (κ1) is 16.3. The van der Waals surface area contributed by atoms with Crippen LogP contribution in [-0.2, 0) is 0 Å². The predicted octanol–water partition coefficient (Wildman–Crippen LogP) is 2.64. The minimum Gasteiger partial charge on any atom is -0.394 e. The SMILES string of the molecule is CCNC(CO)(CN1CCC(CC)(CC)CC1)C1CC1. The maximum absolute atomic E-state index is 9.95. The fourth-order valence-corrected chi connectivity index (χ4v) is 4.09. The monoisotopic (exact) mass is 282 g/mol. The molecule has 1 aliphatic heterocycles. The summed E-state index contributed by atoms with van der Waals surface area (Å²) in [5, 5.41) is 13.6. The van der Waals surface area contributed by atoms with E-state index < -0.39 is 0 Å². The number of piperidine rings is 1. The second-order valence-electron chi connectivity index (χ2n) is 7.10. The number of aliphatic hydroxyl groups excluding tert-OH is 1. The Hall–Kier alpha value is -0.120. The zero-order valence-electron chi connectivity index (χ0n) is 13.7. The van der Waals surface area contributed by atoms with E-state index in [0.29, 0.717) is 11.3 Å². The lowest BCUT2D eigenvalue weighted by Gasteiger charge is -2.45. The van der Waals surface area contributed by atoms with Gasteiger partial charge in [-0.15, -0.1) is 0 Å². The van der Waals surface area contributed by atoms with Crippen molar-refractivity contribution in [2.75, 3.05) is 32.8 Å². The van der Waals surface area contributed by atoms with Crippen LogP contribution < -0.4 is 5.32 Å². The van der Waals surface area contributed by atoms with Crippen molar-refractivity contribution in [1.29, 1.82) is 0 Å². The minimum absolute atomic E-state index is 0.0345. The summed E-state index contributed by atoms with van der Waals surface area (Å²) in [6.07, 6.45) is 7.87. The van der Waals surface area contributed by atoms with Crippen molar-refractivity contribution in [3.63, 3.8) is 0 Å². The van der Waals surface area contributed by atoms with Crippen LogP contribution in [0.2, 0.25) is 0 Å². The molecule has 1 heterocycles. The Bertz CT molecular complexity index is 289. The van der Waals surface area contributed by atoms with Crippen molar-refractivity contribution in [3.8, 4) is 0 Å². The van der Waals surface area contributed by atoms with Crippen LogP contribution in [0.25, 0.3) is 0 Å². The van der Waals surface area contributed by atoms with Gasteiger partial charge in [0.1, 0.15) is 0 Å². The largest absolute Gasteiger partial charge is 0.394 e. The molecule has 0 radical (unpaired) electrons. The van der Waals surface area contributed by atoms with E-state index in [1.54, 1.807) is 0 Å². The number of aliphatic hydroxyl groups is 1. The van der Waals surface area contributed by atoms with Gasteiger partial charge < -0.3 is 15.3 Å². The van der Waals surface area contributed by atoms with Gasteiger partial charge in [-0.1, -0.05) is 33.6 Å². The predicted molar refractivity (Wildman–Crippen MR) is 84.9 cm³/mol. The molecule has 1 unspecified atom stereocenters. The number of likely N-dealkylation sites (N-methyl/N-ethyl adjacent to an activating group) is 1. The molecule has 1 saturated heterocycles. The first-order chi connectivity index (χ1) is 9.63. The first-order valence-corrected chi connectivity index (χ1v) is 8.72. The van der Waals surface area contributed by atoms with Crippen LogP contribution in [0, 0.1) is 11.3 Å². The van der Waals surface area contributed by atoms with E-state index in [0.717, 1.165) is 13.1 Å². The fourth-order valence-electron chi connectivity index (χ4n) is 4.09. The minimum atomic E-state index is -0.0345. The van der Waals surface area contributed by atoms with Crippen LogP contribution in [0.15, 0.2) is 0 Å².